The molecular weight excluding hydrogens is 212 g/mol. The third-order valence-electron chi connectivity index (χ3n) is 3.49. The second-order valence-electron chi connectivity index (χ2n) is 5.22. The summed E-state index contributed by atoms with van der Waals surface area (Å²) >= 11 is 0. The average Bonchev–Trinajstić information content (AvgIpc) is 2.75. The van der Waals surface area contributed by atoms with Gasteiger partial charge in [-0.2, -0.15) is 0 Å². The summed E-state index contributed by atoms with van der Waals surface area (Å²) in [5.74, 6) is 3.00. The predicted octanol–water partition coefficient (Wildman–Crippen LogP) is 1.68. The first kappa shape index (κ1) is 14.1. The minimum Gasteiger partial charge on any atom is -0.341 e. The lowest BCUT2D eigenvalue weighted by Crippen LogP contribution is -2.56. The van der Waals surface area contributed by atoms with E-state index < -0.39 is 0 Å². The molecule has 1 fully saturated rings. The molecule has 0 aromatic heterocycles. The summed E-state index contributed by atoms with van der Waals surface area (Å²) in [4.78, 5) is 12.4. The van der Waals surface area contributed by atoms with E-state index in [-0.39, 0.29) is 23.4 Å². The predicted molar refractivity (Wildman–Crippen MR) is 70.5 cm³/mol. The maximum atomic E-state index is 12.4. The summed E-state index contributed by atoms with van der Waals surface area (Å²) in [5, 5.41) is 6.35. The molecule has 0 aromatic rings. The lowest BCUT2D eigenvalue weighted by atomic mass is 9.90. The number of carbonyl (C=O) groups is 1. The molecule has 17 heavy (non-hydrogen) atoms. The van der Waals surface area contributed by atoms with Gasteiger partial charge in [0, 0.05) is 0 Å². The van der Waals surface area contributed by atoms with Gasteiger partial charge in [-0.1, -0.05) is 33.1 Å². The number of amides is 1. The molecule has 2 atom stereocenters. The third kappa shape index (κ3) is 3.23. The van der Waals surface area contributed by atoms with Crippen molar-refractivity contribution in [2.45, 2.75) is 58.0 Å². The summed E-state index contributed by atoms with van der Waals surface area (Å²) in [5.41, 5.74) is -0.376. The summed E-state index contributed by atoms with van der Waals surface area (Å²) < 4.78 is 0. The van der Waals surface area contributed by atoms with Gasteiger partial charge < -0.3 is 10.6 Å². The SMILES string of the molecule is C#CC(NC(=O)C1(CCC)CCCN1)C(C)C. The van der Waals surface area contributed by atoms with Gasteiger partial charge in [0.2, 0.25) is 5.91 Å². The topological polar surface area (TPSA) is 41.1 Å². The molecule has 2 unspecified atom stereocenters. The van der Waals surface area contributed by atoms with E-state index in [9.17, 15) is 4.79 Å². The van der Waals surface area contributed by atoms with Crippen molar-refractivity contribution in [3.05, 3.63) is 0 Å². The van der Waals surface area contributed by atoms with Crippen molar-refractivity contribution in [2.24, 2.45) is 5.92 Å². The lowest BCUT2D eigenvalue weighted by Gasteiger charge is -2.30. The van der Waals surface area contributed by atoms with Gasteiger partial charge in [-0.3, -0.25) is 4.79 Å². The maximum absolute atomic E-state index is 12.4. The Balaban J connectivity index is 2.69. The van der Waals surface area contributed by atoms with Gasteiger partial charge in [-0.25, -0.2) is 0 Å². The highest BCUT2D eigenvalue weighted by molar-refractivity contribution is 5.87. The molecule has 1 rings (SSSR count). The second-order valence-corrected chi connectivity index (χ2v) is 5.22. The van der Waals surface area contributed by atoms with Gasteiger partial charge in [0.05, 0.1) is 11.6 Å². The van der Waals surface area contributed by atoms with Crippen LogP contribution < -0.4 is 10.6 Å². The smallest absolute Gasteiger partial charge is 0.241 e. The van der Waals surface area contributed by atoms with Crippen LogP contribution in [0.1, 0.15) is 46.5 Å². The van der Waals surface area contributed by atoms with Crippen molar-refractivity contribution < 1.29 is 4.79 Å². The van der Waals surface area contributed by atoms with Crippen LogP contribution in [0.25, 0.3) is 0 Å². The van der Waals surface area contributed by atoms with Crippen LogP contribution in [0, 0.1) is 18.3 Å². The molecule has 0 radical (unpaired) electrons. The Morgan fingerprint density at radius 1 is 1.59 bits per heavy atom. The Kier molecular flexibility index (Phi) is 5.02. The zero-order valence-electron chi connectivity index (χ0n) is 11.2. The maximum Gasteiger partial charge on any atom is 0.241 e. The molecule has 1 amide bonds. The van der Waals surface area contributed by atoms with Crippen molar-refractivity contribution in [1.82, 2.24) is 10.6 Å². The standard InChI is InChI=1S/C14H24N2O/c1-5-8-14(9-7-10-15-14)13(17)16-12(6-2)11(3)4/h2,11-12,15H,5,7-10H2,1,3-4H3,(H,16,17). The quantitative estimate of drug-likeness (QED) is 0.713. The number of carbonyl (C=O) groups excluding carboxylic acids is 1. The van der Waals surface area contributed by atoms with Crippen LogP contribution in [0.2, 0.25) is 0 Å². The Morgan fingerprint density at radius 3 is 2.71 bits per heavy atom. The zero-order valence-corrected chi connectivity index (χ0v) is 11.2. The van der Waals surface area contributed by atoms with E-state index in [0.717, 1.165) is 32.2 Å². The minimum atomic E-state index is -0.376. The highest BCUT2D eigenvalue weighted by atomic mass is 16.2. The molecule has 0 spiro atoms. The summed E-state index contributed by atoms with van der Waals surface area (Å²) in [7, 11) is 0. The van der Waals surface area contributed by atoms with Gasteiger partial charge in [0.25, 0.3) is 0 Å². The van der Waals surface area contributed by atoms with Crippen molar-refractivity contribution in [1.29, 1.82) is 0 Å². The van der Waals surface area contributed by atoms with Crippen LogP contribution in [0.5, 0.6) is 0 Å². The number of hydrogen-bond donors (Lipinski definition) is 2. The Bertz CT molecular complexity index is 298. The largest absolute Gasteiger partial charge is 0.341 e. The Labute approximate surface area is 105 Å². The van der Waals surface area contributed by atoms with Crippen LogP contribution in [0.15, 0.2) is 0 Å². The molecule has 1 saturated heterocycles. The molecule has 3 nitrogen and oxygen atoms in total. The van der Waals surface area contributed by atoms with E-state index in [1.54, 1.807) is 0 Å². The molecule has 96 valence electrons. The fraction of sp³-hybridized carbons (Fsp3) is 0.786. The minimum absolute atomic E-state index is 0.0773. The molecule has 1 heterocycles. The number of rotatable bonds is 5. The first-order chi connectivity index (χ1) is 8.05. The number of hydrogen-bond acceptors (Lipinski definition) is 2. The number of terminal acetylenes is 1. The van der Waals surface area contributed by atoms with Crippen LogP contribution >= 0.6 is 0 Å². The van der Waals surface area contributed by atoms with E-state index in [0.29, 0.717) is 0 Å². The van der Waals surface area contributed by atoms with E-state index >= 15 is 0 Å². The Morgan fingerprint density at radius 2 is 2.29 bits per heavy atom. The lowest BCUT2D eigenvalue weighted by molar-refractivity contribution is -0.128. The van der Waals surface area contributed by atoms with Gasteiger partial charge >= 0.3 is 0 Å². The van der Waals surface area contributed by atoms with E-state index in [4.69, 9.17) is 6.42 Å². The van der Waals surface area contributed by atoms with Crippen molar-refractivity contribution >= 4 is 5.91 Å². The Hall–Kier alpha value is -1.01. The highest BCUT2D eigenvalue weighted by Crippen LogP contribution is 2.25. The molecule has 0 aliphatic carbocycles. The van der Waals surface area contributed by atoms with Crippen molar-refractivity contribution in [2.75, 3.05) is 6.54 Å². The van der Waals surface area contributed by atoms with E-state index in [1.165, 1.54) is 0 Å². The average molecular weight is 236 g/mol. The second kappa shape index (κ2) is 6.07. The number of nitrogens with one attached hydrogen (secondary N) is 2. The molecule has 3 heteroatoms. The zero-order chi connectivity index (χ0) is 12.9. The fourth-order valence-corrected chi connectivity index (χ4v) is 2.43. The molecule has 0 bridgehead atoms. The van der Waals surface area contributed by atoms with Crippen LogP contribution in [-0.2, 0) is 4.79 Å². The highest BCUT2D eigenvalue weighted by Gasteiger charge is 2.40. The van der Waals surface area contributed by atoms with Crippen molar-refractivity contribution in [3.63, 3.8) is 0 Å². The molecule has 0 aromatic carbocycles. The normalized spacial score (nSPS) is 25.6. The van der Waals surface area contributed by atoms with Gasteiger partial charge in [0.1, 0.15) is 0 Å². The third-order valence-corrected chi connectivity index (χ3v) is 3.49. The summed E-state index contributed by atoms with van der Waals surface area (Å²) in [6, 6.07) is -0.168. The molecule has 2 N–H and O–H groups in total. The summed E-state index contributed by atoms with van der Waals surface area (Å²) in [6.07, 6.45) is 9.32. The van der Waals surface area contributed by atoms with E-state index in [1.807, 2.05) is 13.8 Å². The summed E-state index contributed by atoms with van der Waals surface area (Å²) in [6.45, 7) is 7.09. The van der Waals surface area contributed by atoms with Gasteiger partial charge in [-0.15, -0.1) is 6.42 Å². The van der Waals surface area contributed by atoms with Crippen LogP contribution in [0.4, 0.5) is 0 Å². The van der Waals surface area contributed by atoms with Crippen LogP contribution in [0.3, 0.4) is 0 Å². The van der Waals surface area contributed by atoms with Gasteiger partial charge in [-0.05, 0) is 31.7 Å². The molecule has 1 aliphatic rings. The molecule has 1 aliphatic heterocycles. The molecular formula is C14H24N2O. The van der Waals surface area contributed by atoms with Gasteiger partial charge in [0.15, 0.2) is 0 Å². The first-order valence-corrected chi connectivity index (χ1v) is 6.58. The van der Waals surface area contributed by atoms with E-state index in [2.05, 4.69) is 23.5 Å². The monoisotopic (exact) mass is 236 g/mol. The van der Waals surface area contributed by atoms with Crippen LogP contribution in [-0.4, -0.2) is 24.0 Å². The first-order valence-electron chi connectivity index (χ1n) is 6.58. The van der Waals surface area contributed by atoms with Crippen molar-refractivity contribution in [3.8, 4) is 12.3 Å². The fourth-order valence-electron chi connectivity index (χ4n) is 2.43. The molecule has 0 saturated carbocycles.